The van der Waals surface area contributed by atoms with Crippen LogP contribution < -0.4 is 16.2 Å². The summed E-state index contributed by atoms with van der Waals surface area (Å²) in [6.45, 7) is 2.23. The maximum Gasteiger partial charge on any atom is 0.317 e. The first-order chi connectivity index (χ1) is 15.1. The van der Waals surface area contributed by atoms with Gasteiger partial charge in [-0.2, -0.15) is 0 Å². The molecule has 0 saturated carbocycles. The van der Waals surface area contributed by atoms with Crippen molar-refractivity contribution >= 4 is 27.8 Å². The zero-order chi connectivity index (χ0) is 21.4. The molecule has 31 heavy (non-hydrogen) atoms. The smallest absolute Gasteiger partial charge is 0.317 e. The fourth-order valence-electron chi connectivity index (χ4n) is 4.32. The van der Waals surface area contributed by atoms with Crippen LogP contribution in [0.4, 0.5) is 4.79 Å². The molecule has 0 bridgehead atoms. The summed E-state index contributed by atoms with van der Waals surface area (Å²) in [5.41, 5.74) is 4.34. The van der Waals surface area contributed by atoms with Gasteiger partial charge in [0.15, 0.2) is 0 Å². The predicted molar refractivity (Wildman–Crippen MR) is 123 cm³/mol. The Balaban J connectivity index is 1.34. The van der Waals surface area contributed by atoms with Gasteiger partial charge in [0.1, 0.15) is 0 Å². The summed E-state index contributed by atoms with van der Waals surface area (Å²) in [7, 11) is 1.66. The number of fused-ring (bicyclic) bond motifs is 2. The molecule has 0 aliphatic carbocycles. The fourth-order valence-corrected chi connectivity index (χ4v) is 4.32. The Kier molecular flexibility index (Phi) is 4.95. The first kappa shape index (κ1) is 19.4. The predicted octanol–water partition coefficient (Wildman–Crippen LogP) is 3.18. The second-order valence-corrected chi connectivity index (χ2v) is 8.07. The number of hydrogen-bond donors (Lipinski definition) is 4. The van der Waals surface area contributed by atoms with Gasteiger partial charge in [-0.25, -0.2) is 4.79 Å². The fraction of sp³-hybridized carbons (Fsp3) is 0.250. The molecule has 2 amide bonds. The standard InChI is InChI=1S/C24H25N5O2/c1-25-24(31)29-9-8-18(14-29)26-13-15-6-7-21-17(10-15)12-22(27-21)19-11-16-4-2-3-5-20(16)28-23(19)30/h2-7,10-12,18,26-27H,8-9,13-14H2,1H3,(H,25,31)(H,28,30). The number of urea groups is 1. The molecule has 4 N–H and O–H groups in total. The highest BCUT2D eigenvalue weighted by Gasteiger charge is 2.25. The van der Waals surface area contributed by atoms with E-state index >= 15 is 0 Å². The van der Waals surface area contributed by atoms with Crippen LogP contribution in [0.5, 0.6) is 0 Å². The van der Waals surface area contributed by atoms with Crippen molar-refractivity contribution in [3.63, 3.8) is 0 Å². The minimum Gasteiger partial charge on any atom is -0.354 e. The normalized spacial score (nSPS) is 16.3. The average Bonchev–Trinajstić information content (AvgIpc) is 3.43. The number of aromatic amines is 2. The minimum atomic E-state index is -0.103. The van der Waals surface area contributed by atoms with E-state index in [0.29, 0.717) is 11.6 Å². The number of aromatic nitrogens is 2. The zero-order valence-electron chi connectivity index (χ0n) is 17.4. The van der Waals surface area contributed by atoms with Crippen LogP contribution in [0, 0.1) is 0 Å². The number of para-hydroxylation sites is 1. The molecule has 1 aliphatic heterocycles. The Labute approximate surface area is 179 Å². The van der Waals surface area contributed by atoms with Crippen molar-refractivity contribution in [2.45, 2.75) is 19.0 Å². The number of carbonyl (C=O) groups is 1. The topological polar surface area (TPSA) is 93.0 Å². The van der Waals surface area contributed by atoms with Crippen molar-refractivity contribution in [1.82, 2.24) is 25.5 Å². The molecule has 1 fully saturated rings. The van der Waals surface area contributed by atoms with Crippen molar-refractivity contribution in [1.29, 1.82) is 0 Å². The third kappa shape index (κ3) is 3.80. The van der Waals surface area contributed by atoms with E-state index in [1.165, 1.54) is 5.56 Å². The summed E-state index contributed by atoms with van der Waals surface area (Å²) < 4.78 is 0. The van der Waals surface area contributed by atoms with Gasteiger partial charge in [0, 0.05) is 49.1 Å². The highest BCUT2D eigenvalue weighted by molar-refractivity contribution is 5.89. The van der Waals surface area contributed by atoms with E-state index in [4.69, 9.17) is 0 Å². The quantitative estimate of drug-likeness (QED) is 0.412. The highest BCUT2D eigenvalue weighted by atomic mass is 16.2. The van der Waals surface area contributed by atoms with Crippen molar-refractivity contribution in [2.24, 2.45) is 0 Å². The minimum absolute atomic E-state index is 0.0192. The molecular weight excluding hydrogens is 390 g/mol. The Hall–Kier alpha value is -3.58. The molecule has 4 aromatic rings. The van der Waals surface area contributed by atoms with Crippen LogP contribution in [-0.4, -0.2) is 47.1 Å². The van der Waals surface area contributed by atoms with Gasteiger partial charge < -0.3 is 25.5 Å². The van der Waals surface area contributed by atoms with E-state index < -0.39 is 0 Å². The van der Waals surface area contributed by atoms with Crippen LogP contribution in [-0.2, 0) is 6.54 Å². The first-order valence-corrected chi connectivity index (χ1v) is 10.5. The van der Waals surface area contributed by atoms with Crippen LogP contribution in [0.2, 0.25) is 0 Å². The molecule has 3 heterocycles. The number of carbonyl (C=O) groups excluding carboxylic acids is 1. The molecule has 0 radical (unpaired) electrons. The lowest BCUT2D eigenvalue weighted by molar-refractivity contribution is 0.210. The maximum atomic E-state index is 12.6. The van der Waals surface area contributed by atoms with Crippen LogP contribution in [0.25, 0.3) is 33.1 Å². The van der Waals surface area contributed by atoms with Crippen molar-refractivity contribution < 1.29 is 4.79 Å². The Morgan fingerprint density at radius 3 is 2.77 bits per heavy atom. The summed E-state index contributed by atoms with van der Waals surface area (Å²) in [6.07, 6.45) is 0.953. The molecule has 0 spiro atoms. The van der Waals surface area contributed by atoms with Crippen LogP contribution >= 0.6 is 0 Å². The lowest BCUT2D eigenvalue weighted by Crippen LogP contribution is -2.39. The molecule has 1 unspecified atom stereocenters. The third-order valence-electron chi connectivity index (χ3n) is 6.01. The number of amides is 2. The molecule has 2 aromatic carbocycles. The molecule has 1 aliphatic rings. The van der Waals surface area contributed by atoms with E-state index in [1.807, 2.05) is 41.3 Å². The number of H-pyrrole nitrogens is 2. The average molecular weight is 415 g/mol. The number of likely N-dealkylation sites (tertiary alicyclic amines) is 1. The lowest BCUT2D eigenvalue weighted by Gasteiger charge is -2.16. The molecular formula is C24H25N5O2. The van der Waals surface area contributed by atoms with Gasteiger partial charge in [-0.3, -0.25) is 4.79 Å². The van der Waals surface area contributed by atoms with Crippen LogP contribution in [0.1, 0.15) is 12.0 Å². The van der Waals surface area contributed by atoms with E-state index in [0.717, 1.165) is 53.6 Å². The Bertz CT molecular complexity index is 1320. The number of hydrogen-bond acceptors (Lipinski definition) is 3. The third-order valence-corrected chi connectivity index (χ3v) is 6.01. The summed E-state index contributed by atoms with van der Waals surface area (Å²) >= 11 is 0. The Morgan fingerprint density at radius 2 is 1.90 bits per heavy atom. The molecule has 7 nitrogen and oxygen atoms in total. The number of nitrogens with zero attached hydrogens (tertiary/aromatic N) is 1. The lowest BCUT2D eigenvalue weighted by atomic mass is 10.1. The molecule has 1 atom stereocenters. The number of rotatable bonds is 4. The van der Waals surface area contributed by atoms with Gasteiger partial charge in [0.25, 0.3) is 5.56 Å². The molecule has 2 aromatic heterocycles. The van der Waals surface area contributed by atoms with Crippen molar-refractivity contribution in [3.05, 3.63) is 70.5 Å². The van der Waals surface area contributed by atoms with Gasteiger partial charge in [0.05, 0.1) is 11.3 Å². The van der Waals surface area contributed by atoms with Gasteiger partial charge in [0.2, 0.25) is 0 Å². The van der Waals surface area contributed by atoms with Gasteiger partial charge in [-0.05, 0) is 47.7 Å². The van der Waals surface area contributed by atoms with Crippen LogP contribution in [0.3, 0.4) is 0 Å². The first-order valence-electron chi connectivity index (χ1n) is 10.5. The van der Waals surface area contributed by atoms with Gasteiger partial charge >= 0.3 is 6.03 Å². The summed E-state index contributed by atoms with van der Waals surface area (Å²) in [5, 5.41) is 8.31. The molecule has 7 heteroatoms. The van der Waals surface area contributed by atoms with E-state index in [2.05, 4.69) is 38.8 Å². The number of benzene rings is 2. The zero-order valence-corrected chi connectivity index (χ0v) is 17.4. The SMILES string of the molecule is CNC(=O)N1CCC(NCc2ccc3[nH]c(-c4cc5ccccc5[nH]c4=O)cc3c2)C1. The van der Waals surface area contributed by atoms with Crippen molar-refractivity contribution in [3.8, 4) is 11.3 Å². The highest BCUT2D eigenvalue weighted by Crippen LogP contribution is 2.25. The van der Waals surface area contributed by atoms with E-state index in [-0.39, 0.29) is 11.6 Å². The summed E-state index contributed by atoms with van der Waals surface area (Å²) in [5.74, 6) is 0. The second-order valence-electron chi connectivity index (χ2n) is 8.07. The monoisotopic (exact) mass is 415 g/mol. The summed E-state index contributed by atoms with van der Waals surface area (Å²) in [4.78, 5) is 32.5. The number of pyridine rings is 1. The summed E-state index contributed by atoms with van der Waals surface area (Å²) in [6, 6.07) is 18.3. The molecule has 5 rings (SSSR count). The van der Waals surface area contributed by atoms with Crippen molar-refractivity contribution in [2.75, 3.05) is 20.1 Å². The van der Waals surface area contributed by atoms with Gasteiger partial charge in [-0.15, -0.1) is 0 Å². The van der Waals surface area contributed by atoms with E-state index in [1.54, 1.807) is 7.05 Å². The Morgan fingerprint density at radius 1 is 1.06 bits per heavy atom. The van der Waals surface area contributed by atoms with E-state index in [9.17, 15) is 9.59 Å². The molecule has 1 saturated heterocycles. The largest absolute Gasteiger partial charge is 0.354 e. The van der Waals surface area contributed by atoms with Crippen LogP contribution in [0.15, 0.2) is 59.4 Å². The van der Waals surface area contributed by atoms with Gasteiger partial charge in [-0.1, -0.05) is 24.3 Å². The maximum absolute atomic E-state index is 12.6. The number of nitrogens with one attached hydrogen (secondary N) is 4. The molecule has 158 valence electrons. The second kappa shape index (κ2) is 7.92.